The second-order valence-corrected chi connectivity index (χ2v) is 10.0. The number of para-hydroxylation sites is 1. The predicted molar refractivity (Wildman–Crippen MR) is 149 cm³/mol. The van der Waals surface area contributed by atoms with Gasteiger partial charge in [-0.05, 0) is 67.8 Å². The lowest BCUT2D eigenvalue weighted by molar-refractivity contribution is -0.143. The number of hydrogen-bond donors (Lipinski definition) is 1. The Kier molecular flexibility index (Phi) is 8.49. The maximum absolute atomic E-state index is 14.1. The number of rotatable bonds is 11. The summed E-state index contributed by atoms with van der Waals surface area (Å²) in [5.41, 5.74) is 2.51. The highest BCUT2D eigenvalue weighted by atomic mass is 16.5. The third-order valence-electron chi connectivity index (χ3n) is 6.87. The van der Waals surface area contributed by atoms with Gasteiger partial charge in [-0.15, -0.1) is 5.10 Å². The zero-order chi connectivity index (χ0) is 28.0. The van der Waals surface area contributed by atoms with E-state index in [0.717, 1.165) is 17.5 Å². The molecule has 0 radical (unpaired) electrons. The van der Waals surface area contributed by atoms with Crippen LogP contribution in [0.25, 0.3) is 11.0 Å². The molecule has 0 aliphatic rings. The molecule has 4 rings (SSSR count). The lowest BCUT2D eigenvalue weighted by Gasteiger charge is -2.34. The minimum Gasteiger partial charge on any atom is -0.497 e. The normalized spacial score (nSPS) is 12.1. The molecule has 0 saturated carbocycles. The Morgan fingerprint density at radius 2 is 1.56 bits per heavy atom. The van der Waals surface area contributed by atoms with Crippen LogP contribution in [0.5, 0.6) is 11.5 Å². The number of aromatic nitrogens is 3. The Labute approximate surface area is 228 Å². The van der Waals surface area contributed by atoms with Crippen LogP contribution >= 0.6 is 0 Å². The van der Waals surface area contributed by atoms with Gasteiger partial charge < -0.3 is 19.7 Å². The van der Waals surface area contributed by atoms with Crippen molar-refractivity contribution in [1.82, 2.24) is 25.2 Å². The van der Waals surface area contributed by atoms with Crippen molar-refractivity contribution in [2.24, 2.45) is 0 Å². The third-order valence-corrected chi connectivity index (χ3v) is 6.87. The Balaban J connectivity index is 1.77. The minimum atomic E-state index is -0.897. The summed E-state index contributed by atoms with van der Waals surface area (Å²) in [5, 5.41) is 11.5. The molecule has 1 atom stereocenters. The zero-order valence-corrected chi connectivity index (χ0v) is 23.0. The molecule has 0 aliphatic carbocycles. The highest BCUT2D eigenvalue weighted by Gasteiger charge is 2.34. The zero-order valence-electron chi connectivity index (χ0n) is 23.0. The van der Waals surface area contributed by atoms with Gasteiger partial charge in [0.05, 0.1) is 19.7 Å². The van der Waals surface area contributed by atoms with Crippen molar-refractivity contribution in [1.29, 1.82) is 0 Å². The summed E-state index contributed by atoms with van der Waals surface area (Å²) in [5.74, 6) is 0.831. The number of benzene rings is 3. The van der Waals surface area contributed by atoms with Crippen LogP contribution in [0, 0.1) is 0 Å². The van der Waals surface area contributed by atoms with E-state index in [1.165, 1.54) is 0 Å². The molecule has 2 amide bonds. The summed E-state index contributed by atoms with van der Waals surface area (Å²) in [7, 11) is 3.19. The molecule has 0 spiro atoms. The molecule has 0 saturated heterocycles. The van der Waals surface area contributed by atoms with Gasteiger partial charge in [0.2, 0.25) is 11.8 Å². The SMILES string of the molecule is CCC(C)(C)NC(=O)C(c1ccc(OC)cc1)N(Cc1ccc(OC)cc1)C(=O)Cn1nnc2ccccc21. The van der Waals surface area contributed by atoms with Crippen molar-refractivity contribution in [3.05, 3.63) is 83.9 Å². The van der Waals surface area contributed by atoms with E-state index >= 15 is 0 Å². The number of methoxy groups -OCH3 is 2. The van der Waals surface area contributed by atoms with Crippen molar-refractivity contribution < 1.29 is 19.1 Å². The number of ether oxygens (including phenoxy) is 2. The Bertz CT molecular complexity index is 1410. The second-order valence-electron chi connectivity index (χ2n) is 10.0. The van der Waals surface area contributed by atoms with Crippen LogP contribution in [-0.2, 0) is 22.7 Å². The molecule has 0 bridgehead atoms. The molecular weight excluding hydrogens is 494 g/mol. The van der Waals surface area contributed by atoms with E-state index in [0.29, 0.717) is 22.6 Å². The lowest BCUT2D eigenvalue weighted by atomic mass is 9.98. The van der Waals surface area contributed by atoms with Gasteiger partial charge in [-0.1, -0.05) is 48.5 Å². The molecule has 0 aliphatic heterocycles. The van der Waals surface area contributed by atoms with E-state index in [2.05, 4.69) is 15.6 Å². The number of nitrogens with one attached hydrogen (secondary N) is 1. The Morgan fingerprint density at radius 1 is 0.949 bits per heavy atom. The van der Waals surface area contributed by atoms with Gasteiger partial charge >= 0.3 is 0 Å². The Morgan fingerprint density at radius 3 is 2.18 bits per heavy atom. The summed E-state index contributed by atoms with van der Waals surface area (Å²) in [6, 6.07) is 21.3. The highest BCUT2D eigenvalue weighted by molar-refractivity contribution is 5.89. The van der Waals surface area contributed by atoms with Gasteiger partial charge in [0.15, 0.2) is 0 Å². The van der Waals surface area contributed by atoms with Crippen LogP contribution in [0.2, 0.25) is 0 Å². The first-order valence-electron chi connectivity index (χ1n) is 12.9. The van der Waals surface area contributed by atoms with E-state index in [1.807, 2.05) is 81.4 Å². The first kappa shape index (κ1) is 27.6. The number of hydrogen-bond acceptors (Lipinski definition) is 6. The molecule has 39 heavy (non-hydrogen) atoms. The third kappa shape index (κ3) is 6.54. The van der Waals surface area contributed by atoms with E-state index in [1.54, 1.807) is 35.9 Å². The van der Waals surface area contributed by atoms with Gasteiger partial charge in [0.25, 0.3) is 0 Å². The van der Waals surface area contributed by atoms with Crippen molar-refractivity contribution >= 4 is 22.8 Å². The summed E-state index contributed by atoms with van der Waals surface area (Å²) >= 11 is 0. The van der Waals surface area contributed by atoms with Gasteiger partial charge in [-0.3, -0.25) is 9.59 Å². The number of nitrogens with zero attached hydrogens (tertiary/aromatic N) is 4. The average Bonchev–Trinajstić information content (AvgIpc) is 3.35. The largest absolute Gasteiger partial charge is 0.497 e. The smallest absolute Gasteiger partial charge is 0.247 e. The number of amides is 2. The standard InChI is InChI=1S/C30H35N5O4/c1-6-30(2,3)31-29(37)28(22-13-17-24(39-5)18-14-22)34(19-21-11-15-23(38-4)16-12-21)27(36)20-35-26-10-8-7-9-25(26)32-33-35/h7-18,28H,6,19-20H2,1-5H3,(H,31,37). The molecule has 1 unspecified atom stereocenters. The van der Waals surface area contributed by atoms with E-state index in [9.17, 15) is 9.59 Å². The molecule has 204 valence electrons. The molecule has 9 nitrogen and oxygen atoms in total. The van der Waals surface area contributed by atoms with Crippen LogP contribution in [0.1, 0.15) is 44.4 Å². The van der Waals surface area contributed by atoms with E-state index in [-0.39, 0.29) is 24.9 Å². The van der Waals surface area contributed by atoms with Crippen LogP contribution in [0.15, 0.2) is 72.8 Å². The summed E-state index contributed by atoms with van der Waals surface area (Å²) < 4.78 is 12.2. The molecule has 0 fully saturated rings. The summed E-state index contributed by atoms with van der Waals surface area (Å²) in [4.78, 5) is 29.6. The van der Waals surface area contributed by atoms with Crippen LogP contribution in [0.4, 0.5) is 0 Å². The molecular formula is C30H35N5O4. The summed E-state index contributed by atoms with van der Waals surface area (Å²) in [6.45, 7) is 6.07. The van der Waals surface area contributed by atoms with Gasteiger partial charge in [-0.2, -0.15) is 0 Å². The first-order chi connectivity index (χ1) is 18.7. The first-order valence-corrected chi connectivity index (χ1v) is 12.9. The van der Waals surface area contributed by atoms with Gasteiger partial charge in [0, 0.05) is 12.1 Å². The predicted octanol–water partition coefficient (Wildman–Crippen LogP) is 4.52. The van der Waals surface area contributed by atoms with Crippen molar-refractivity contribution in [3.63, 3.8) is 0 Å². The van der Waals surface area contributed by atoms with Gasteiger partial charge in [0.1, 0.15) is 29.6 Å². The van der Waals surface area contributed by atoms with E-state index in [4.69, 9.17) is 9.47 Å². The average molecular weight is 530 g/mol. The molecule has 1 heterocycles. The number of carbonyl (C=O) groups excluding carboxylic acids is 2. The molecule has 1 N–H and O–H groups in total. The fourth-order valence-corrected chi connectivity index (χ4v) is 4.25. The van der Waals surface area contributed by atoms with Gasteiger partial charge in [-0.25, -0.2) is 4.68 Å². The minimum absolute atomic E-state index is 0.0756. The van der Waals surface area contributed by atoms with Crippen molar-refractivity contribution in [2.45, 2.75) is 51.9 Å². The second kappa shape index (κ2) is 12.0. The van der Waals surface area contributed by atoms with Crippen molar-refractivity contribution in [2.75, 3.05) is 14.2 Å². The quantitative estimate of drug-likeness (QED) is 0.307. The van der Waals surface area contributed by atoms with Crippen LogP contribution in [-0.4, -0.2) is 51.5 Å². The van der Waals surface area contributed by atoms with Crippen LogP contribution < -0.4 is 14.8 Å². The fraction of sp³-hybridized carbons (Fsp3) is 0.333. The molecule has 9 heteroatoms. The molecule has 1 aromatic heterocycles. The molecule has 4 aromatic rings. The fourth-order valence-electron chi connectivity index (χ4n) is 4.25. The van der Waals surface area contributed by atoms with Crippen LogP contribution in [0.3, 0.4) is 0 Å². The Hall–Kier alpha value is -4.40. The maximum Gasteiger partial charge on any atom is 0.247 e. The van der Waals surface area contributed by atoms with Crippen molar-refractivity contribution in [3.8, 4) is 11.5 Å². The number of carbonyl (C=O) groups is 2. The number of fused-ring (bicyclic) bond motifs is 1. The summed E-state index contributed by atoms with van der Waals surface area (Å²) in [6.07, 6.45) is 0.728. The lowest BCUT2D eigenvalue weighted by Crippen LogP contribution is -2.50. The highest BCUT2D eigenvalue weighted by Crippen LogP contribution is 2.28. The molecule has 3 aromatic carbocycles. The topological polar surface area (TPSA) is 98.6 Å². The maximum atomic E-state index is 14.1. The monoisotopic (exact) mass is 529 g/mol. The van der Waals surface area contributed by atoms with E-state index < -0.39 is 11.6 Å².